The minimum Gasteiger partial charge on any atom is -0.496 e. The largest absolute Gasteiger partial charge is 0.496 e. The van der Waals surface area contributed by atoms with E-state index in [0.29, 0.717) is 29.6 Å². The summed E-state index contributed by atoms with van der Waals surface area (Å²) in [6.45, 7) is 0.510. The third-order valence-electron chi connectivity index (χ3n) is 5.52. The van der Waals surface area contributed by atoms with Crippen molar-refractivity contribution in [3.8, 4) is 18.1 Å². The van der Waals surface area contributed by atoms with Crippen molar-refractivity contribution in [3.63, 3.8) is 0 Å². The van der Waals surface area contributed by atoms with Crippen LogP contribution in [0.5, 0.6) is 5.75 Å². The van der Waals surface area contributed by atoms with Crippen molar-refractivity contribution >= 4 is 34.6 Å². The van der Waals surface area contributed by atoms with Crippen LogP contribution in [0.25, 0.3) is 10.9 Å². The fraction of sp³-hybridized carbons (Fsp3) is 0.391. The summed E-state index contributed by atoms with van der Waals surface area (Å²) in [5.74, 6) is 0.475. The Morgan fingerprint density at radius 1 is 1.24 bits per heavy atom. The minimum atomic E-state index is -1.10. The molecule has 4 N–H and O–H groups in total. The Morgan fingerprint density at radius 3 is 2.67 bits per heavy atom. The highest BCUT2D eigenvalue weighted by Crippen LogP contribution is 2.26. The van der Waals surface area contributed by atoms with E-state index in [1.807, 2.05) is 0 Å². The van der Waals surface area contributed by atoms with Crippen molar-refractivity contribution in [2.24, 2.45) is 5.92 Å². The molecule has 0 radical (unpaired) electrons. The average molecular weight is 454 g/mol. The van der Waals surface area contributed by atoms with Gasteiger partial charge in [-0.25, -0.2) is 4.79 Å². The molecule has 1 aliphatic heterocycles. The zero-order valence-electron chi connectivity index (χ0n) is 18.4. The van der Waals surface area contributed by atoms with Crippen LogP contribution in [0.2, 0.25) is 0 Å². The first kappa shape index (κ1) is 23.7. The van der Waals surface area contributed by atoms with Crippen molar-refractivity contribution in [3.05, 3.63) is 30.0 Å². The molecule has 10 heteroatoms. The van der Waals surface area contributed by atoms with Crippen LogP contribution >= 0.6 is 0 Å². The number of nitrogens with one attached hydrogen (secondary N) is 4. The number of H-pyrrole nitrogens is 1. The SMILES string of the molecule is C#CCC(NC(=O)c1cc2c(OC)cccc2[nH]1)C(=O)NC(CC1CCNC1=O)C(=O)OC. The number of amides is 3. The van der Waals surface area contributed by atoms with Crippen LogP contribution in [0, 0.1) is 18.3 Å². The topological polar surface area (TPSA) is 139 Å². The zero-order valence-corrected chi connectivity index (χ0v) is 18.4. The third-order valence-corrected chi connectivity index (χ3v) is 5.52. The molecule has 10 nitrogen and oxygen atoms in total. The quantitative estimate of drug-likeness (QED) is 0.321. The predicted octanol–water partition coefficient (Wildman–Crippen LogP) is 0.482. The first-order chi connectivity index (χ1) is 15.9. The number of hydrogen-bond acceptors (Lipinski definition) is 6. The molecule has 3 rings (SSSR count). The number of rotatable bonds is 9. The summed E-state index contributed by atoms with van der Waals surface area (Å²) >= 11 is 0. The van der Waals surface area contributed by atoms with Gasteiger partial charge in [0.05, 0.1) is 14.2 Å². The molecule has 1 aliphatic rings. The van der Waals surface area contributed by atoms with Gasteiger partial charge in [0, 0.05) is 29.8 Å². The molecule has 0 saturated carbocycles. The number of terminal acetylenes is 1. The molecule has 33 heavy (non-hydrogen) atoms. The number of hydrogen-bond donors (Lipinski definition) is 4. The summed E-state index contributed by atoms with van der Waals surface area (Å²) < 4.78 is 10.1. The summed E-state index contributed by atoms with van der Waals surface area (Å²) in [6, 6.07) is 4.81. The lowest BCUT2D eigenvalue weighted by molar-refractivity contribution is -0.146. The summed E-state index contributed by atoms with van der Waals surface area (Å²) in [5.41, 5.74) is 0.912. The standard InChI is InChI=1S/C23H26N4O6/c1-4-6-16(21(29)27-18(23(31)33-3)11-13-9-10-24-20(13)28)26-22(30)17-12-14-15(25-17)7-5-8-19(14)32-2/h1,5,7-8,12-13,16,18,25H,6,9-11H2,2-3H3,(H,24,28)(H,26,30)(H,27,29). The Hall–Kier alpha value is -4.00. The van der Waals surface area contributed by atoms with Gasteiger partial charge in [0.2, 0.25) is 11.8 Å². The number of carbonyl (C=O) groups excluding carboxylic acids is 4. The van der Waals surface area contributed by atoms with E-state index in [0.717, 1.165) is 0 Å². The van der Waals surface area contributed by atoms with E-state index < -0.39 is 35.8 Å². The van der Waals surface area contributed by atoms with Crippen LogP contribution < -0.4 is 20.7 Å². The van der Waals surface area contributed by atoms with Crippen LogP contribution in [0.15, 0.2) is 24.3 Å². The molecular formula is C23H26N4O6. The molecule has 2 heterocycles. The van der Waals surface area contributed by atoms with Gasteiger partial charge >= 0.3 is 5.97 Å². The summed E-state index contributed by atoms with van der Waals surface area (Å²) in [7, 11) is 2.73. The maximum atomic E-state index is 12.9. The Balaban J connectivity index is 1.73. The fourth-order valence-electron chi connectivity index (χ4n) is 3.77. The van der Waals surface area contributed by atoms with E-state index in [1.54, 1.807) is 24.3 Å². The minimum absolute atomic E-state index is 0.0861. The highest BCUT2D eigenvalue weighted by atomic mass is 16.5. The van der Waals surface area contributed by atoms with Gasteiger partial charge in [-0.15, -0.1) is 12.3 Å². The van der Waals surface area contributed by atoms with Crippen LogP contribution in [0.3, 0.4) is 0 Å². The van der Waals surface area contributed by atoms with Gasteiger partial charge in [0.1, 0.15) is 23.5 Å². The number of aromatic nitrogens is 1. The summed E-state index contributed by atoms with van der Waals surface area (Å²) in [5, 5.41) is 8.57. The molecule has 1 saturated heterocycles. The monoisotopic (exact) mass is 454 g/mol. The number of fused-ring (bicyclic) bond motifs is 1. The lowest BCUT2D eigenvalue weighted by Gasteiger charge is -2.22. The second-order valence-electron chi connectivity index (χ2n) is 7.64. The van der Waals surface area contributed by atoms with Crippen molar-refractivity contribution in [2.45, 2.75) is 31.3 Å². The van der Waals surface area contributed by atoms with Crippen LogP contribution in [-0.4, -0.2) is 61.5 Å². The Morgan fingerprint density at radius 2 is 2.03 bits per heavy atom. The normalized spacial score (nSPS) is 16.9. The van der Waals surface area contributed by atoms with Crippen molar-refractivity contribution in [1.29, 1.82) is 0 Å². The first-order valence-electron chi connectivity index (χ1n) is 10.4. The highest BCUT2D eigenvalue weighted by Gasteiger charge is 2.33. The van der Waals surface area contributed by atoms with Gasteiger partial charge in [-0.2, -0.15) is 0 Å². The van der Waals surface area contributed by atoms with E-state index in [1.165, 1.54) is 14.2 Å². The number of ether oxygens (including phenoxy) is 2. The predicted molar refractivity (Wildman–Crippen MR) is 119 cm³/mol. The van der Waals surface area contributed by atoms with E-state index in [-0.39, 0.29) is 24.4 Å². The molecule has 3 atom stereocenters. The molecule has 2 aromatic rings. The molecule has 174 valence electrons. The molecule has 3 unspecified atom stereocenters. The van der Waals surface area contributed by atoms with Gasteiger partial charge in [0.25, 0.3) is 5.91 Å². The summed E-state index contributed by atoms with van der Waals surface area (Å²) in [4.78, 5) is 52.8. The lowest BCUT2D eigenvalue weighted by Crippen LogP contribution is -2.52. The van der Waals surface area contributed by atoms with E-state index >= 15 is 0 Å². The third kappa shape index (κ3) is 5.44. The van der Waals surface area contributed by atoms with Gasteiger partial charge in [-0.3, -0.25) is 14.4 Å². The first-order valence-corrected chi connectivity index (χ1v) is 10.4. The lowest BCUT2D eigenvalue weighted by atomic mass is 9.98. The molecule has 1 aromatic carbocycles. The van der Waals surface area contributed by atoms with E-state index in [4.69, 9.17) is 15.9 Å². The average Bonchev–Trinajstić information content (AvgIpc) is 3.43. The number of methoxy groups -OCH3 is 2. The Bertz CT molecular complexity index is 1100. The number of carbonyl (C=O) groups is 4. The molecule has 3 amide bonds. The number of benzene rings is 1. The van der Waals surface area contributed by atoms with Crippen molar-refractivity contribution in [1.82, 2.24) is 20.9 Å². The van der Waals surface area contributed by atoms with Gasteiger partial charge in [0.15, 0.2) is 0 Å². The highest BCUT2D eigenvalue weighted by molar-refractivity contribution is 6.01. The molecule has 0 aliphatic carbocycles. The molecule has 1 aromatic heterocycles. The summed E-state index contributed by atoms with van der Waals surface area (Å²) in [6.07, 6.45) is 5.94. The molecule has 0 bridgehead atoms. The van der Waals surface area contributed by atoms with E-state index in [2.05, 4.69) is 26.9 Å². The molecule has 0 spiro atoms. The van der Waals surface area contributed by atoms with Crippen LogP contribution in [0.1, 0.15) is 29.8 Å². The van der Waals surface area contributed by atoms with Crippen molar-refractivity contribution < 1.29 is 28.7 Å². The number of esters is 1. The maximum Gasteiger partial charge on any atom is 0.328 e. The fourth-order valence-corrected chi connectivity index (χ4v) is 3.77. The van der Waals surface area contributed by atoms with Gasteiger partial charge in [-0.05, 0) is 31.0 Å². The second-order valence-corrected chi connectivity index (χ2v) is 7.64. The molecular weight excluding hydrogens is 428 g/mol. The number of aromatic amines is 1. The van der Waals surface area contributed by atoms with Crippen LogP contribution in [-0.2, 0) is 19.1 Å². The maximum absolute atomic E-state index is 12.9. The molecule has 1 fully saturated rings. The zero-order chi connectivity index (χ0) is 24.0. The van der Waals surface area contributed by atoms with Gasteiger partial charge < -0.3 is 30.4 Å². The Kier molecular flexibility index (Phi) is 7.56. The van der Waals surface area contributed by atoms with Crippen LogP contribution in [0.4, 0.5) is 0 Å². The van der Waals surface area contributed by atoms with Crippen molar-refractivity contribution in [2.75, 3.05) is 20.8 Å². The Labute approximate surface area is 190 Å². The van der Waals surface area contributed by atoms with Gasteiger partial charge in [-0.1, -0.05) is 6.07 Å². The smallest absolute Gasteiger partial charge is 0.328 e. The second kappa shape index (κ2) is 10.5. The van der Waals surface area contributed by atoms with E-state index in [9.17, 15) is 19.2 Å².